The fourth-order valence-corrected chi connectivity index (χ4v) is 3.71. The summed E-state index contributed by atoms with van der Waals surface area (Å²) in [6.45, 7) is 3.65. The number of benzene rings is 1. The van der Waals surface area contributed by atoms with Crippen LogP contribution in [0.1, 0.15) is 49.9 Å². The molecule has 2 atom stereocenters. The van der Waals surface area contributed by atoms with Crippen molar-refractivity contribution in [2.45, 2.75) is 57.7 Å². The van der Waals surface area contributed by atoms with Gasteiger partial charge in [-0.1, -0.05) is 25.4 Å². The molecular formula is C18H25Cl2N3O2. The maximum absolute atomic E-state index is 12.6. The Morgan fingerprint density at radius 1 is 1.20 bits per heavy atom. The summed E-state index contributed by atoms with van der Waals surface area (Å²) in [7, 11) is 0. The molecule has 2 bridgehead atoms. The number of carbonyl (C=O) groups excluding carboxylic acids is 2. The van der Waals surface area contributed by atoms with Gasteiger partial charge in [0.25, 0.3) is 5.91 Å². The molecule has 3 rings (SSSR count). The van der Waals surface area contributed by atoms with Crippen molar-refractivity contribution in [1.82, 2.24) is 10.6 Å². The lowest BCUT2D eigenvalue weighted by Crippen LogP contribution is -2.48. The quantitative estimate of drug-likeness (QED) is 0.743. The van der Waals surface area contributed by atoms with Crippen molar-refractivity contribution in [2.24, 2.45) is 5.92 Å². The summed E-state index contributed by atoms with van der Waals surface area (Å²) in [5.41, 5.74) is 0.998. The van der Waals surface area contributed by atoms with E-state index in [-0.39, 0.29) is 36.2 Å². The van der Waals surface area contributed by atoms with Crippen LogP contribution in [0.25, 0.3) is 0 Å². The molecular weight excluding hydrogens is 361 g/mol. The average Bonchev–Trinajstić information content (AvgIpc) is 2.87. The van der Waals surface area contributed by atoms with Crippen molar-refractivity contribution < 1.29 is 9.59 Å². The van der Waals surface area contributed by atoms with Gasteiger partial charge in [0.05, 0.1) is 10.6 Å². The van der Waals surface area contributed by atoms with Crippen LogP contribution in [-0.2, 0) is 4.79 Å². The van der Waals surface area contributed by atoms with Crippen molar-refractivity contribution in [1.29, 1.82) is 0 Å². The smallest absolute Gasteiger partial charge is 0.253 e. The number of hydrogen-bond donors (Lipinski definition) is 3. The number of anilines is 1. The lowest BCUT2D eigenvalue weighted by Gasteiger charge is -2.29. The summed E-state index contributed by atoms with van der Waals surface area (Å²) in [4.78, 5) is 24.4. The molecule has 0 aromatic heterocycles. The van der Waals surface area contributed by atoms with Gasteiger partial charge >= 0.3 is 0 Å². The highest BCUT2D eigenvalue weighted by Crippen LogP contribution is 2.27. The van der Waals surface area contributed by atoms with E-state index in [0.29, 0.717) is 28.4 Å². The molecule has 2 aliphatic rings. The van der Waals surface area contributed by atoms with Gasteiger partial charge in [0.2, 0.25) is 5.91 Å². The van der Waals surface area contributed by atoms with Crippen molar-refractivity contribution in [3.05, 3.63) is 28.8 Å². The second-order valence-corrected chi connectivity index (χ2v) is 7.53. The summed E-state index contributed by atoms with van der Waals surface area (Å²) in [6.07, 6.45) is 4.30. The first-order valence-electron chi connectivity index (χ1n) is 8.59. The number of piperidine rings is 1. The van der Waals surface area contributed by atoms with Crippen LogP contribution in [0.5, 0.6) is 0 Å². The minimum absolute atomic E-state index is 0. The maximum Gasteiger partial charge on any atom is 0.253 e. The van der Waals surface area contributed by atoms with Gasteiger partial charge in [-0.05, 0) is 43.9 Å². The van der Waals surface area contributed by atoms with E-state index < -0.39 is 0 Å². The first-order chi connectivity index (χ1) is 11.4. The molecule has 0 aliphatic carbocycles. The molecule has 2 aliphatic heterocycles. The Labute approximate surface area is 159 Å². The fraction of sp³-hybridized carbons (Fsp3) is 0.556. The normalized spacial score (nSPS) is 24.6. The van der Waals surface area contributed by atoms with E-state index >= 15 is 0 Å². The molecule has 7 heteroatoms. The molecule has 2 fully saturated rings. The minimum atomic E-state index is -0.174. The molecule has 0 spiro atoms. The van der Waals surface area contributed by atoms with Gasteiger partial charge in [0.1, 0.15) is 0 Å². The van der Waals surface area contributed by atoms with Crippen molar-refractivity contribution >= 4 is 41.5 Å². The monoisotopic (exact) mass is 385 g/mol. The van der Waals surface area contributed by atoms with Gasteiger partial charge < -0.3 is 16.0 Å². The number of nitrogens with one attached hydrogen (secondary N) is 3. The van der Waals surface area contributed by atoms with Gasteiger partial charge in [-0.25, -0.2) is 0 Å². The van der Waals surface area contributed by atoms with Crippen LogP contribution < -0.4 is 16.0 Å². The zero-order valence-electron chi connectivity index (χ0n) is 14.5. The van der Waals surface area contributed by atoms with E-state index in [2.05, 4.69) is 16.0 Å². The average molecular weight is 386 g/mol. The Morgan fingerprint density at radius 2 is 1.84 bits per heavy atom. The van der Waals surface area contributed by atoms with Crippen molar-refractivity contribution in [2.75, 3.05) is 5.32 Å². The molecule has 3 N–H and O–H groups in total. The Hall–Kier alpha value is -1.30. The van der Waals surface area contributed by atoms with E-state index in [1.54, 1.807) is 18.2 Å². The zero-order valence-corrected chi connectivity index (χ0v) is 16.0. The maximum atomic E-state index is 12.6. The third-order valence-electron chi connectivity index (χ3n) is 4.81. The van der Waals surface area contributed by atoms with Crippen LogP contribution in [0.3, 0.4) is 0 Å². The van der Waals surface area contributed by atoms with Crippen LogP contribution in [0, 0.1) is 5.92 Å². The summed E-state index contributed by atoms with van der Waals surface area (Å²) in [6, 6.07) is 6.22. The predicted molar refractivity (Wildman–Crippen MR) is 103 cm³/mol. The Kier molecular flexibility index (Phi) is 6.72. The first kappa shape index (κ1) is 20.0. The molecule has 138 valence electrons. The summed E-state index contributed by atoms with van der Waals surface area (Å²) in [5, 5.41) is 9.86. The first-order valence-corrected chi connectivity index (χ1v) is 8.97. The minimum Gasteiger partial charge on any atom is -0.349 e. The highest BCUT2D eigenvalue weighted by atomic mass is 35.5. The summed E-state index contributed by atoms with van der Waals surface area (Å²) < 4.78 is 0. The van der Waals surface area contributed by atoms with Gasteiger partial charge in [-0.3, -0.25) is 9.59 Å². The highest BCUT2D eigenvalue weighted by molar-refractivity contribution is 6.34. The van der Waals surface area contributed by atoms with Gasteiger partial charge in [-0.15, -0.1) is 12.4 Å². The number of amides is 2. The van der Waals surface area contributed by atoms with Crippen LogP contribution in [0.2, 0.25) is 5.02 Å². The molecule has 1 aromatic carbocycles. The largest absolute Gasteiger partial charge is 0.349 e. The lowest BCUT2D eigenvalue weighted by molar-refractivity contribution is -0.118. The van der Waals surface area contributed by atoms with Gasteiger partial charge in [0.15, 0.2) is 0 Å². The van der Waals surface area contributed by atoms with E-state index in [0.717, 1.165) is 12.8 Å². The van der Waals surface area contributed by atoms with Crippen LogP contribution >= 0.6 is 24.0 Å². The molecule has 25 heavy (non-hydrogen) atoms. The molecule has 1 aromatic rings. The number of carbonyl (C=O) groups is 2. The molecule has 5 nitrogen and oxygen atoms in total. The second kappa shape index (κ2) is 8.39. The number of rotatable bonds is 4. The standard InChI is InChI=1S/C18H24ClN3O2.ClH/c1-10(2)17(23)21-13-5-6-16(19)15(9-13)18(24)22-14-7-11-3-4-12(8-14)20-11;/h5-6,9-12,14,20H,3-4,7-8H2,1-2H3,(H,21,23)(H,22,24);1H. The fourth-order valence-electron chi connectivity index (χ4n) is 3.50. The van der Waals surface area contributed by atoms with Crippen molar-refractivity contribution in [3.8, 4) is 0 Å². The van der Waals surface area contributed by atoms with E-state index in [1.807, 2.05) is 13.8 Å². The van der Waals surface area contributed by atoms with E-state index in [9.17, 15) is 9.59 Å². The Bertz CT molecular complexity index is 639. The number of halogens is 2. The number of hydrogen-bond acceptors (Lipinski definition) is 3. The Morgan fingerprint density at radius 3 is 2.44 bits per heavy atom. The van der Waals surface area contributed by atoms with Crippen molar-refractivity contribution in [3.63, 3.8) is 0 Å². The van der Waals surface area contributed by atoms with Crippen LogP contribution in [-0.4, -0.2) is 29.9 Å². The summed E-state index contributed by atoms with van der Waals surface area (Å²) >= 11 is 6.19. The SMILES string of the molecule is CC(C)C(=O)Nc1ccc(Cl)c(C(=O)NC2CC3CCC(C2)N3)c1.Cl. The van der Waals surface area contributed by atoms with Gasteiger partial charge in [0, 0.05) is 29.7 Å². The Balaban J connectivity index is 0.00000225. The third-order valence-corrected chi connectivity index (χ3v) is 5.14. The summed E-state index contributed by atoms with van der Waals surface area (Å²) in [5.74, 6) is -0.381. The van der Waals surface area contributed by atoms with E-state index in [4.69, 9.17) is 11.6 Å². The molecule has 2 heterocycles. The van der Waals surface area contributed by atoms with Gasteiger partial charge in [-0.2, -0.15) is 0 Å². The zero-order chi connectivity index (χ0) is 17.3. The molecule has 2 amide bonds. The topological polar surface area (TPSA) is 70.2 Å². The molecule has 0 saturated carbocycles. The molecule has 2 saturated heterocycles. The number of fused-ring (bicyclic) bond motifs is 2. The lowest BCUT2D eigenvalue weighted by atomic mass is 9.99. The van der Waals surface area contributed by atoms with Crippen LogP contribution in [0.4, 0.5) is 5.69 Å². The highest BCUT2D eigenvalue weighted by Gasteiger charge is 2.34. The molecule has 2 unspecified atom stereocenters. The second-order valence-electron chi connectivity index (χ2n) is 7.12. The molecule has 0 radical (unpaired) electrons. The van der Waals surface area contributed by atoms with E-state index in [1.165, 1.54) is 12.8 Å². The van der Waals surface area contributed by atoms with Crippen LogP contribution in [0.15, 0.2) is 18.2 Å². The predicted octanol–water partition coefficient (Wildman–Crippen LogP) is 3.37. The third kappa shape index (κ3) is 4.87.